The van der Waals surface area contributed by atoms with Gasteiger partial charge in [-0.3, -0.25) is 9.97 Å². The Kier molecular flexibility index (Phi) is 13.1. The maximum atomic E-state index is 10.7. The Balaban J connectivity index is 0.000000573. The molecule has 0 fully saturated rings. The average molecular weight is 674 g/mol. The number of carbonyl (C=O) groups excluding carboxylic acids is 2. The first-order valence-electron chi connectivity index (χ1n) is 10.5. The van der Waals surface area contributed by atoms with Gasteiger partial charge in [0.15, 0.2) is 0 Å². The van der Waals surface area contributed by atoms with Gasteiger partial charge in [0, 0.05) is 24.8 Å². The van der Waals surface area contributed by atoms with Gasteiger partial charge in [0.25, 0.3) is 0 Å². The minimum absolute atomic E-state index is 0. The van der Waals surface area contributed by atoms with E-state index in [1.54, 1.807) is 24.8 Å². The fraction of sp³-hybridized carbons (Fsp3) is 0.0833. The standard InChI is InChI=1S/C12H8N2O4.2C6H7N.F6P.Ru/c15-11(16)9-5-1-3-7(13-9)8-4-2-6-10(14-8)12(17)18;2*1-6-2-4-7-5-3-6;1-7(2,3,4,5)6;/h1-6H,(H,15,16)(H,17,18);2*2-5H,1H3;;/q;;;-1;+3/p-2. The molecule has 4 aromatic rings. The van der Waals surface area contributed by atoms with E-state index in [1.807, 2.05) is 38.1 Å². The molecule has 0 spiro atoms. The summed E-state index contributed by atoms with van der Waals surface area (Å²) in [5, 5.41) is 21.3. The van der Waals surface area contributed by atoms with Crippen molar-refractivity contribution in [3.8, 4) is 11.4 Å². The van der Waals surface area contributed by atoms with Crippen LogP contribution in [0.3, 0.4) is 0 Å². The zero-order valence-corrected chi connectivity index (χ0v) is 23.2. The molecule has 0 aliphatic rings. The van der Waals surface area contributed by atoms with Gasteiger partial charge in [-0.1, -0.05) is 12.1 Å². The molecule has 8 nitrogen and oxygen atoms in total. The van der Waals surface area contributed by atoms with Crippen LogP contribution in [0.4, 0.5) is 25.2 Å². The van der Waals surface area contributed by atoms with Crippen molar-refractivity contribution in [1.29, 1.82) is 0 Å². The van der Waals surface area contributed by atoms with Crippen molar-refractivity contribution < 1.29 is 64.5 Å². The van der Waals surface area contributed by atoms with Gasteiger partial charge >= 0.3 is 52.5 Å². The molecule has 1 radical (unpaired) electrons. The van der Waals surface area contributed by atoms with Gasteiger partial charge in [-0.05, 0) is 73.5 Å². The van der Waals surface area contributed by atoms with E-state index in [9.17, 15) is 45.0 Å². The van der Waals surface area contributed by atoms with Crippen LogP contribution in [0.2, 0.25) is 0 Å². The second kappa shape index (κ2) is 14.5. The summed E-state index contributed by atoms with van der Waals surface area (Å²) < 4.78 is 59.2. The monoisotopic (exact) mass is 675 g/mol. The second-order valence-electron chi connectivity index (χ2n) is 7.40. The number of aromatic carboxylic acids is 2. The molecule has 0 bridgehead atoms. The van der Waals surface area contributed by atoms with Crippen LogP contribution in [0.25, 0.3) is 11.4 Å². The van der Waals surface area contributed by atoms with Gasteiger partial charge in [0.2, 0.25) is 0 Å². The summed E-state index contributed by atoms with van der Waals surface area (Å²) >= 11 is 0. The first-order chi connectivity index (χ1) is 17.8. The Hall–Kier alpha value is -3.83. The molecule has 0 amide bonds. The fourth-order valence-corrected chi connectivity index (χ4v) is 2.23. The third-order valence-corrected chi connectivity index (χ3v) is 3.87. The maximum Gasteiger partial charge on any atom is 3.00 e. The Morgan fingerprint density at radius 1 is 0.600 bits per heavy atom. The smallest absolute Gasteiger partial charge is 0.543 e. The van der Waals surface area contributed by atoms with E-state index in [-0.39, 0.29) is 42.3 Å². The zero-order chi connectivity index (χ0) is 29.8. The minimum Gasteiger partial charge on any atom is -0.543 e. The number of carboxylic acid groups (broad SMARTS) is 2. The van der Waals surface area contributed by atoms with Crippen LogP contribution in [-0.2, 0) is 19.5 Å². The van der Waals surface area contributed by atoms with Gasteiger partial charge in [-0.15, -0.1) is 0 Å². The van der Waals surface area contributed by atoms with Crippen molar-refractivity contribution >= 4 is 19.7 Å². The molecule has 40 heavy (non-hydrogen) atoms. The van der Waals surface area contributed by atoms with Gasteiger partial charge < -0.3 is 19.8 Å². The molecule has 0 atom stereocenters. The predicted molar refractivity (Wildman–Crippen MR) is 128 cm³/mol. The Morgan fingerprint density at radius 2 is 0.875 bits per heavy atom. The number of nitrogens with zero attached hydrogens (tertiary/aromatic N) is 4. The molecule has 4 rings (SSSR count). The fourth-order valence-electron chi connectivity index (χ4n) is 2.23. The van der Waals surface area contributed by atoms with Crippen LogP contribution in [-0.4, -0.2) is 31.9 Å². The van der Waals surface area contributed by atoms with Crippen LogP contribution in [0.15, 0.2) is 85.5 Å². The van der Waals surface area contributed by atoms with Crippen molar-refractivity contribution in [3.05, 3.63) is 108 Å². The number of pyridine rings is 4. The van der Waals surface area contributed by atoms with Crippen LogP contribution >= 0.6 is 7.81 Å². The van der Waals surface area contributed by atoms with Crippen LogP contribution in [0, 0.1) is 13.8 Å². The third kappa shape index (κ3) is 19.3. The number of hydrogen-bond donors (Lipinski definition) is 0. The topological polar surface area (TPSA) is 132 Å². The predicted octanol–water partition coefficient (Wildman–Crippen LogP) is 5.03. The minimum atomic E-state index is -10.7. The van der Waals surface area contributed by atoms with Gasteiger partial charge in [-0.25, -0.2) is 9.97 Å². The summed E-state index contributed by atoms with van der Waals surface area (Å²) in [7, 11) is -10.7. The van der Waals surface area contributed by atoms with Gasteiger partial charge in [-0.2, -0.15) is 0 Å². The summed E-state index contributed by atoms with van der Waals surface area (Å²) in [6.45, 7) is 4.09. The molecule has 215 valence electrons. The number of hydrogen-bond acceptors (Lipinski definition) is 8. The van der Waals surface area contributed by atoms with Crippen molar-refractivity contribution in [3.63, 3.8) is 0 Å². The molecule has 0 aliphatic carbocycles. The Labute approximate surface area is 237 Å². The quantitative estimate of drug-likeness (QED) is 0.168. The Bertz CT molecular complexity index is 1280. The number of aromatic nitrogens is 4. The molecule has 16 heteroatoms. The van der Waals surface area contributed by atoms with Crippen molar-refractivity contribution in [2.24, 2.45) is 0 Å². The normalized spacial score (nSPS) is 11.6. The number of aryl methyl sites for hydroxylation is 2. The van der Waals surface area contributed by atoms with Crippen LogP contribution in [0.5, 0.6) is 0 Å². The first kappa shape index (κ1) is 36.2. The first-order valence-corrected chi connectivity index (χ1v) is 12.5. The van der Waals surface area contributed by atoms with Crippen molar-refractivity contribution in [1.82, 2.24) is 19.9 Å². The van der Waals surface area contributed by atoms with E-state index in [1.165, 1.54) is 47.5 Å². The molecule has 0 saturated heterocycles. The van der Waals surface area contributed by atoms with Crippen LogP contribution < -0.4 is 10.2 Å². The van der Waals surface area contributed by atoms with E-state index < -0.39 is 19.7 Å². The number of rotatable bonds is 3. The third-order valence-electron chi connectivity index (χ3n) is 3.87. The van der Waals surface area contributed by atoms with E-state index >= 15 is 0 Å². The van der Waals surface area contributed by atoms with Crippen molar-refractivity contribution in [2.45, 2.75) is 13.8 Å². The molecular formula is C24H20F6N4O4PRu. The molecule has 0 saturated carbocycles. The molecule has 0 N–H and O–H groups in total. The number of halogens is 6. The van der Waals surface area contributed by atoms with E-state index in [0.717, 1.165) is 0 Å². The summed E-state index contributed by atoms with van der Waals surface area (Å²) in [6.07, 6.45) is 7.15. The molecule has 4 heterocycles. The summed E-state index contributed by atoms with van der Waals surface area (Å²) in [5.41, 5.74) is 2.53. The second-order valence-corrected chi connectivity index (χ2v) is 9.32. The van der Waals surface area contributed by atoms with Gasteiger partial charge in [0.1, 0.15) is 0 Å². The molecule has 0 aliphatic heterocycles. The summed E-state index contributed by atoms with van der Waals surface area (Å²) in [4.78, 5) is 36.6. The number of carboxylic acids is 2. The average Bonchev–Trinajstić information content (AvgIpc) is 2.84. The SMILES string of the molecule is Cc1ccncc1.Cc1ccncc1.F[P-](F)(F)(F)(F)F.O=C([O-])c1cccc(-c2cccc(C(=O)[O-])n2)n1.[Ru+3]. The zero-order valence-electron chi connectivity index (χ0n) is 20.6. The summed E-state index contributed by atoms with van der Waals surface area (Å²) in [5.74, 6) is -2.82. The largest absolute Gasteiger partial charge is 3.00 e. The molecule has 0 unspecified atom stereocenters. The summed E-state index contributed by atoms with van der Waals surface area (Å²) in [6, 6.07) is 16.4. The molecule has 4 aromatic heterocycles. The molecule has 0 aromatic carbocycles. The van der Waals surface area contributed by atoms with E-state index in [4.69, 9.17) is 0 Å². The van der Waals surface area contributed by atoms with Crippen molar-refractivity contribution in [2.75, 3.05) is 0 Å². The van der Waals surface area contributed by atoms with Crippen LogP contribution in [0.1, 0.15) is 32.1 Å². The maximum absolute atomic E-state index is 10.7. The van der Waals surface area contributed by atoms with Gasteiger partial charge in [0.05, 0.1) is 34.7 Å². The van der Waals surface area contributed by atoms with E-state index in [2.05, 4.69) is 19.9 Å². The molecular weight excluding hydrogens is 654 g/mol. The Morgan fingerprint density at radius 3 is 1.07 bits per heavy atom. The number of carbonyl (C=O) groups is 2. The van der Waals surface area contributed by atoms with E-state index in [0.29, 0.717) is 0 Å².